The molecule has 16 nitrogen and oxygen atoms in total. The molecule has 0 aliphatic heterocycles. The Balaban J connectivity index is 0.000000306. The highest BCUT2D eigenvalue weighted by Crippen LogP contribution is 2.36. The van der Waals surface area contributed by atoms with Gasteiger partial charge < -0.3 is 41.0 Å². The van der Waals surface area contributed by atoms with Gasteiger partial charge in [0.25, 0.3) is 11.8 Å². The fourth-order valence-corrected chi connectivity index (χ4v) is 12.1. The van der Waals surface area contributed by atoms with E-state index < -0.39 is 59.6 Å². The highest BCUT2D eigenvalue weighted by molar-refractivity contribution is 7.93. The first kappa shape index (κ1) is 67.5. The normalized spacial score (nSPS) is 12.8. The van der Waals surface area contributed by atoms with Crippen LogP contribution in [0.1, 0.15) is 114 Å². The van der Waals surface area contributed by atoms with Gasteiger partial charge in [-0.15, -0.1) is 0 Å². The predicted octanol–water partition coefficient (Wildman–Crippen LogP) is 15.3. The number of carbonyl (C=O) groups excluding carboxylic acids is 4. The molecule has 0 aromatic heterocycles. The standard InChI is InChI=1S/C32H37Cl3N2O6S.C28H30Cl2N2O6S/c1-4-6-7-8-9-20(3)19-43-22-11-13-23(14-12-22)44(41,42)30(5-2)32(40)36-27-18-29(38)28(17-26(27)35)37-31(39)21-10-15-24(33)25(34)16-21;1-4-17(3)16-38-20-8-10-21(11-9-20)39(36,37)26(5-2)28(35)31-19-7-13-24(25(33)15-19)32-27(34)18-6-12-22(29)23(30)14-18/h10-18,20,30,38H,4-9,19H2,1-3H3,(H,36,40)(H,37,39);6-15,17,26,33H,4-5,16H2,1-3H3,(H,31,35)(H,32,34). The first-order chi connectivity index (χ1) is 39.3. The number of phenolic OH excluding ortho intramolecular Hbond substituents is 2. The van der Waals surface area contributed by atoms with Crippen molar-refractivity contribution in [1.29, 1.82) is 0 Å². The average Bonchev–Trinajstić information content (AvgIpc) is 3.54. The largest absolute Gasteiger partial charge is 0.506 e. The Hall–Kier alpha value is -6.25. The monoisotopic (exact) mass is 1270 g/mol. The molecule has 4 unspecified atom stereocenters. The van der Waals surface area contributed by atoms with Gasteiger partial charge in [-0.3, -0.25) is 19.2 Å². The quantitative estimate of drug-likeness (QED) is 0.0219. The zero-order valence-corrected chi connectivity index (χ0v) is 51.9. The summed E-state index contributed by atoms with van der Waals surface area (Å²) in [5.74, 6) is -1.57. The molecule has 6 rings (SSSR count). The molecule has 0 saturated heterocycles. The molecular weight excluding hydrogens is 1210 g/mol. The van der Waals surface area contributed by atoms with Gasteiger partial charge in [0.15, 0.2) is 19.7 Å². The second-order valence-corrected chi connectivity index (χ2v) is 25.9. The van der Waals surface area contributed by atoms with Gasteiger partial charge in [0.1, 0.15) is 33.5 Å². The van der Waals surface area contributed by atoms with Crippen LogP contribution in [0.4, 0.5) is 22.7 Å². The number of sulfone groups is 2. The molecule has 0 bridgehead atoms. The van der Waals surface area contributed by atoms with Gasteiger partial charge >= 0.3 is 0 Å². The van der Waals surface area contributed by atoms with E-state index in [9.17, 15) is 46.2 Å². The van der Waals surface area contributed by atoms with E-state index >= 15 is 0 Å². The van der Waals surface area contributed by atoms with E-state index in [1.54, 1.807) is 38.1 Å². The third-order valence-electron chi connectivity index (χ3n) is 13.2. The van der Waals surface area contributed by atoms with Crippen molar-refractivity contribution in [3.05, 3.63) is 152 Å². The van der Waals surface area contributed by atoms with Crippen molar-refractivity contribution in [1.82, 2.24) is 0 Å². The van der Waals surface area contributed by atoms with Crippen molar-refractivity contribution in [2.24, 2.45) is 11.8 Å². The van der Waals surface area contributed by atoms with Crippen LogP contribution in [0.15, 0.2) is 125 Å². The van der Waals surface area contributed by atoms with Crippen LogP contribution in [0, 0.1) is 11.8 Å². The molecule has 0 radical (unpaired) electrons. The van der Waals surface area contributed by atoms with E-state index in [2.05, 4.69) is 49.0 Å². The maximum Gasteiger partial charge on any atom is 0.255 e. The lowest BCUT2D eigenvalue weighted by molar-refractivity contribution is -0.116. The van der Waals surface area contributed by atoms with Crippen LogP contribution >= 0.6 is 58.0 Å². The molecule has 0 aliphatic rings. The minimum atomic E-state index is -4.07. The summed E-state index contributed by atoms with van der Waals surface area (Å²) in [5.41, 5.74) is 0.606. The molecule has 0 spiro atoms. The number of hydrogen-bond donors (Lipinski definition) is 6. The summed E-state index contributed by atoms with van der Waals surface area (Å²) in [6.07, 6.45) is 6.83. The van der Waals surface area contributed by atoms with Gasteiger partial charge in [0, 0.05) is 28.9 Å². The molecule has 23 heteroatoms. The van der Waals surface area contributed by atoms with E-state index in [-0.39, 0.29) is 82.3 Å². The molecule has 4 atom stereocenters. The molecule has 0 aliphatic carbocycles. The minimum absolute atomic E-state index is 0.00333. The zero-order valence-electron chi connectivity index (χ0n) is 46.5. The number of rotatable bonds is 26. The van der Waals surface area contributed by atoms with Crippen LogP contribution < -0.4 is 30.7 Å². The third kappa shape index (κ3) is 19.1. The average molecular weight is 1280 g/mol. The summed E-state index contributed by atoms with van der Waals surface area (Å²) in [5, 5.41) is 29.2. The summed E-state index contributed by atoms with van der Waals surface area (Å²) in [4.78, 5) is 51.2. The lowest BCUT2D eigenvalue weighted by Crippen LogP contribution is -2.34. The Morgan fingerprint density at radius 2 is 0.940 bits per heavy atom. The number of phenols is 2. The number of aromatic hydroxyl groups is 2. The molecule has 4 amide bonds. The predicted molar refractivity (Wildman–Crippen MR) is 331 cm³/mol. The van der Waals surface area contributed by atoms with Crippen LogP contribution in [-0.2, 0) is 29.3 Å². The van der Waals surface area contributed by atoms with Gasteiger partial charge in [0.05, 0.1) is 65.2 Å². The Labute approximate surface area is 510 Å². The Morgan fingerprint density at radius 3 is 1.40 bits per heavy atom. The number of unbranched alkanes of at least 4 members (excludes halogenated alkanes) is 3. The second-order valence-electron chi connectivity index (χ2n) is 19.6. The van der Waals surface area contributed by atoms with Crippen LogP contribution in [0.25, 0.3) is 0 Å². The number of amides is 4. The van der Waals surface area contributed by atoms with Crippen LogP contribution in [0.2, 0.25) is 25.1 Å². The molecule has 6 N–H and O–H groups in total. The maximum absolute atomic E-state index is 13.4. The lowest BCUT2D eigenvalue weighted by atomic mass is 10.0. The van der Waals surface area contributed by atoms with Crippen molar-refractivity contribution < 1.29 is 55.7 Å². The van der Waals surface area contributed by atoms with Gasteiger partial charge in [-0.2, -0.15) is 0 Å². The van der Waals surface area contributed by atoms with Crippen molar-refractivity contribution >= 4 is 124 Å². The first-order valence-electron chi connectivity index (χ1n) is 26.8. The molecule has 83 heavy (non-hydrogen) atoms. The van der Waals surface area contributed by atoms with Crippen LogP contribution in [0.3, 0.4) is 0 Å². The number of ether oxygens (including phenoxy) is 2. The van der Waals surface area contributed by atoms with Gasteiger partial charge in [-0.1, -0.05) is 132 Å². The van der Waals surface area contributed by atoms with Crippen molar-refractivity contribution in [3.63, 3.8) is 0 Å². The molecular formula is C60H67Cl5N4O12S2. The van der Waals surface area contributed by atoms with Gasteiger partial charge in [-0.05, 0) is 134 Å². The first-order valence-corrected chi connectivity index (χ1v) is 31.7. The van der Waals surface area contributed by atoms with Gasteiger partial charge in [0.2, 0.25) is 11.8 Å². The highest BCUT2D eigenvalue weighted by Gasteiger charge is 2.34. The van der Waals surface area contributed by atoms with E-state index in [1.807, 2.05) is 0 Å². The molecule has 0 fully saturated rings. The summed E-state index contributed by atoms with van der Waals surface area (Å²) >= 11 is 30.0. The van der Waals surface area contributed by atoms with Crippen LogP contribution in [-0.4, -0.2) is 74.4 Å². The van der Waals surface area contributed by atoms with Crippen molar-refractivity contribution in [2.45, 2.75) is 113 Å². The number of carbonyl (C=O) groups is 4. The summed E-state index contributed by atoms with van der Waals surface area (Å²) in [6.45, 7) is 12.7. The smallest absolute Gasteiger partial charge is 0.255 e. The number of hydrogen-bond acceptors (Lipinski definition) is 12. The third-order valence-corrected chi connectivity index (χ3v) is 19.4. The zero-order chi connectivity index (χ0) is 61.2. The summed E-state index contributed by atoms with van der Waals surface area (Å²) in [6, 6.07) is 27.1. The maximum atomic E-state index is 13.4. The number of anilines is 4. The van der Waals surface area contributed by atoms with E-state index in [0.29, 0.717) is 41.6 Å². The molecule has 6 aromatic carbocycles. The Morgan fingerprint density at radius 1 is 0.470 bits per heavy atom. The fourth-order valence-electron chi connectivity index (χ4n) is 8.04. The van der Waals surface area contributed by atoms with Crippen molar-refractivity contribution in [3.8, 4) is 23.0 Å². The lowest BCUT2D eigenvalue weighted by Gasteiger charge is -2.18. The fraction of sp³-hybridized carbons (Fsp3) is 0.333. The number of benzene rings is 6. The Bertz CT molecular complexity index is 3460. The molecule has 0 saturated carbocycles. The topological polar surface area (TPSA) is 244 Å². The minimum Gasteiger partial charge on any atom is -0.506 e. The summed E-state index contributed by atoms with van der Waals surface area (Å²) < 4.78 is 64.8. The van der Waals surface area contributed by atoms with E-state index in [4.69, 9.17) is 67.5 Å². The van der Waals surface area contributed by atoms with E-state index in [0.717, 1.165) is 25.3 Å². The molecule has 6 aromatic rings. The van der Waals surface area contributed by atoms with Gasteiger partial charge in [-0.25, -0.2) is 16.8 Å². The van der Waals surface area contributed by atoms with E-state index in [1.165, 1.54) is 104 Å². The molecule has 0 heterocycles. The second kappa shape index (κ2) is 31.6. The van der Waals surface area contributed by atoms with Crippen LogP contribution in [0.5, 0.6) is 23.0 Å². The van der Waals surface area contributed by atoms with Crippen molar-refractivity contribution in [2.75, 3.05) is 34.5 Å². The SMILES string of the molecule is CCC(C)COc1ccc(S(=O)(=O)C(CC)C(=O)Nc2ccc(NC(=O)c3ccc(Cl)c(Cl)c3)c(O)c2)cc1.CCCCCCC(C)COc1ccc(S(=O)(=O)C(CC)C(=O)Nc2cc(O)c(NC(=O)c3ccc(Cl)c(Cl)c3)cc2Cl)cc1. The molecule has 446 valence electrons. The highest BCUT2D eigenvalue weighted by atomic mass is 35.5. The Kier molecular flexibility index (Phi) is 25.7. The summed E-state index contributed by atoms with van der Waals surface area (Å²) in [7, 11) is -8.07. The number of nitrogens with one attached hydrogen (secondary N) is 4. The number of halogens is 5.